The Morgan fingerprint density at radius 1 is 1.17 bits per heavy atom. The molecule has 0 amide bonds. The number of nitrogens with one attached hydrogen (secondary N) is 1. The molecule has 1 N–H and O–H groups in total. The minimum atomic E-state index is -0.262. The van der Waals surface area contributed by atoms with Gasteiger partial charge in [0.25, 0.3) is 0 Å². The summed E-state index contributed by atoms with van der Waals surface area (Å²) in [4.78, 5) is 13.7. The van der Waals surface area contributed by atoms with Crippen LogP contribution in [0.15, 0.2) is 33.5 Å². The summed E-state index contributed by atoms with van der Waals surface area (Å²) in [6, 6.07) is 8.24. The minimum absolute atomic E-state index is 0.262. The number of methoxy groups -OCH3 is 1. The maximum atomic E-state index is 12.0. The summed E-state index contributed by atoms with van der Waals surface area (Å²) in [7, 11) is 1.63. The van der Waals surface area contributed by atoms with Crippen molar-refractivity contribution < 1.29 is 14.1 Å². The third-order valence-electron chi connectivity index (χ3n) is 5.96. The molecule has 1 aromatic carbocycles. The zero-order valence-corrected chi connectivity index (χ0v) is 14.3. The van der Waals surface area contributed by atoms with Gasteiger partial charge in [-0.1, -0.05) is 6.42 Å². The fraction of sp³-hybridized carbons (Fsp3) is 0.550. The summed E-state index contributed by atoms with van der Waals surface area (Å²) in [5.74, 6) is 1.61. The van der Waals surface area contributed by atoms with Crippen LogP contribution in [0.1, 0.15) is 44.1 Å². The summed E-state index contributed by atoms with van der Waals surface area (Å²) in [6.07, 6.45) is 8.19. The molecule has 1 aromatic heterocycles. The molecule has 0 radical (unpaired) electrons. The van der Waals surface area contributed by atoms with Gasteiger partial charge < -0.3 is 14.1 Å². The number of hydrogen-bond acceptors (Lipinski definition) is 3. The van der Waals surface area contributed by atoms with Crippen LogP contribution >= 0.6 is 0 Å². The maximum absolute atomic E-state index is 12.0. The Labute approximate surface area is 142 Å². The van der Waals surface area contributed by atoms with Crippen LogP contribution in [0.25, 0.3) is 11.0 Å². The van der Waals surface area contributed by atoms with E-state index in [4.69, 9.17) is 9.15 Å². The van der Waals surface area contributed by atoms with Gasteiger partial charge in [0.1, 0.15) is 17.9 Å². The van der Waals surface area contributed by atoms with Gasteiger partial charge in [-0.3, -0.25) is 0 Å². The van der Waals surface area contributed by atoms with Gasteiger partial charge in [-0.05, 0) is 44.2 Å². The molecule has 24 heavy (non-hydrogen) atoms. The molecule has 1 saturated carbocycles. The molecule has 4 nitrogen and oxygen atoms in total. The zero-order valence-electron chi connectivity index (χ0n) is 14.3. The summed E-state index contributed by atoms with van der Waals surface area (Å²) < 4.78 is 10.7. The topological polar surface area (TPSA) is 43.9 Å². The molecule has 2 heterocycles. The third-order valence-corrected chi connectivity index (χ3v) is 5.96. The predicted molar refractivity (Wildman–Crippen MR) is 93.5 cm³/mol. The standard InChI is InChI=1S/C20H25NO3/c1-23-16-8-9-17-15(11-20(22)24-19(17)12-16)13-21-10-4-6-14-5-2-3-7-18(14)21/h8-9,11-12,14,18H,2-7,10,13H2,1H3/p+1/t14-,18-/m0/s1. The van der Waals surface area contributed by atoms with Crippen LogP contribution in [0, 0.1) is 5.92 Å². The van der Waals surface area contributed by atoms with E-state index in [1.807, 2.05) is 18.2 Å². The van der Waals surface area contributed by atoms with Crippen LogP contribution in [-0.4, -0.2) is 19.7 Å². The monoisotopic (exact) mass is 328 g/mol. The lowest BCUT2D eigenvalue weighted by Gasteiger charge is -2.41. The molecular weight excluding hydrogens is 302 g/mol. The number of likely N-dealkylation sites (tertiary alicyclic amines) is 1. The van der Waals surface area contributed by atoms with Crippen LogP contribution in [0.2, 0.25) is 0 Å². The molecule has 2 aromatic rings. The summed E-state index contributed by atoms with van der Waals surface area (Å²) >= 11 is 0. The molecule has 4 rings (SSSR count). The third kappa shape index (κ3) is 2.95. The van der Waals surface area contributed by atoms with Crippen LogP contribution in [-0.2, 0) is 6.54 Å². The van der Waals surface area contributed by atoms with Crippen LogP contribution in [0.3, 0.4) is 0 Å². The molecule has 3 atom stereocenters. The summed E-state index contributed by atoms with van der Waals surface area (Å²) in [5.41, 5.74) is 1.49. The summed E-state index contributed by atoms with van der Waals surface area (Å²) in [5, 5.41) is 1.04. The lowest BCUT2D eigenvalue weighted by atomic mass is 9.78. The Morgan fingerprint density at radius 3 is 2.88 bits per heavy atom. The second kappa shape index (κ2) is 6.60. The number of piperidine rings is 1. The van der Waals surface area contributed by atoms with Crippen molar-refractivity contribution in [2.75, 3.05) is 13.7 Å². The van der Waals surface area contributed by atoms with Gasteiger partial charge >= 0.3 is 5.63 Å². The molecule has 0 bridgehead atoms. The Bertz CT molecular complexity index is 780. The first kappa shape index (κ1) is 15.7. The number of benzene rings is 1. The van der Waals surface area contributed by atoms with Gasteiger partial charge in [0.05, 0.1) is 19.7 Å². The highest BCUT2D eigenvalue weighted by Crippen LogP contribution is 2.29. The number of quaternary nitrogens is 1. The fourth-order valence-corrected chi connectivity index (χ4v) is 4.81. The van der Waals surface area contributed by atoms with Gasteiger partial charge in [-0.25, -0.2) is 4.79 Å². The maximum Gasteiger partial charge on any atom is 0.336 e. The van der Waals surface area contributed by atoms with Gasteiger partial charge in [0.15, 0.2) is 0 Å². The fourth-order valence-electron chi connectivity index (χ4n) is 4.81. The Balaban J connectivity index is 1.67. The van der Waals surface area contributed by atoms with Crippen molar-refractivity contribution in [2.24, 2.45) is 5.92 Å². The summed E-state index contributed by atoms with van der Waals surface area (Å²) in [6.45, 7) is 2.15. The van der Waals surface area contributed by atoms with Crippen molar-refractivity contribution in [3.8, 4) is 5.75 Å². The van der Waals surface area contributed by atoms with Crippen molar-refractivity contribution in [2.45, 2.75) is 51.1 Å². The SMILES string of the molecule is COc1ccc2c(C[NH+]3CCC[C@@H]4CCCC[C@@H]43)cc(=O)oc2c1. The zero-order chi connectivity index (χ0) is 16.5. The van der Waals surface area contributed by atoms with E-state index in [2.05, 4.69) is 0 Å². The Kier molecular flexibility index (Phi) is 4.31. The average molecular weight is 328 g/mol. The van der Waals surface area contributed by atoms with Gasteiger partial charge in [-0.2, -0.15) is 0 Å². The highest BCUT2D eigenvalue weighted by Gasteiger charge is 2.36. The molecule has 1 unspecified atom stereocenters. The number of hydrogen-bond donors (Lipinski definition) is 1. The highest BCUT2D eigenvalue weighted by atomic mass is 16.5. The normalized spacial score (nSPS) is 27.0. The molecule has 0 spiro atoms. The van der Waals surface area contributed by atoms with Gasteiger partial charge in [-0.15, -0.1) is 0 Å². The second-order valence-electron chi connectivity index (χ2n) is 7.33. The molecular formula is C20H26NO3+. The Hall–Kier alpha value is -1.81. The van der Waals surface area contributed by atoms with E-state index in [1.54, 1.807) is 18.1 Å². The Morgan fingerprint density at radius 2 is 2.00 bits per heavy atom. The van der Waals surface area contributed by atoms with Crippen molar-refractivity contribution in [3.05, 3.63) is 40.2 Å². The van der Waals surface area contributed by atoms with E-state index in [1.165, 1.54) is 45.1 Å². The lowest BCUT2D eigenvalue weighted by molar-refractivity contribution is -0.949. The van der Waals surface area contributed by atoms with E-state index >= 15 is 0 Å². The van der Waals surface area contributed by atoms with Crippen molar-refractivity contribution in [1.82, 2.24) is 0 Å². The smallest absolute Gasteiger partial charge is 0.336 e. The predicted octanol–water partition coefficient (Wildman–Crippen LogP) is 2.54. The number of rotatable bonds is 3. The van der Waals surface area contributed by atoms with E-state index in [0.29, 0.717) is 5.58 Å². The molecule has 1 aliphatic carbocycles. The molecule has 4 heteroatoms. The quantitative estimate of drug-likeness (QED) is 0.881. The average Bonchev–Trinajstić information content (AvgIpc) is 2.61. The van der Waals surface area contributed by atoms with Crippen molar-refractivity contribution in [3.63, 3.8) is 0 Å². The second-order valence-corrected chi connectivity index (χ2v) is 7.33. The minimum Gasteiger partial charge on any atom is -0.497 e. The van der Waals surface area contributed by atoms with Gasteiger partial charge in [0, 0.05) is 29.0 Å². The van der Waals surface area contributed by atoms with Crippen LogP contribution in [0.4, 0.5) is 0 Å². The van der Waals surface area contributed by atoms with E-state index < -0.39 is 0 Å². The largest absolute Gasteiger partial charge is 0.497 e. The molecule has 1 saturated heterocycles. The molecule has 128 valence electrons. The molecule has 2 fully saturated rings. The van der Waals surface area contributed by atoms with Gasteiger partial charge in [0.2, 0.25) is 0 Å². The first-order valence-corrected chi connectivity index (χ1v) is 9.20. The van der Waals surface area contributed by atoms with Crippen molar-refractivity contribution in [1.29, 1.82) is 0 Å². The first-order valence-electron chi connectivity index (χ1n) is 9.20. The number of fused-ring (bicyclic) bond motifs is 2. The lowest BCUT2D eigenvalue weighted by Crippen LogP contribution is -3.16. The van der Waals surface area contributed by atoms with Crippen molar-refractivity contribution >= 4 is 11.0 Å². The van der Waals surface area contributed by atoms with E-state index in [9.17, 15) is 4.79 Å². The molecule has 1 aliphatic heterocycles. The first-order chi connectivity index (χ1) is 11.7. The van der Waals surface area contributed by atoms with Crippen LogP contribution in [0.5, 0.6) is 5.75 Å². The number of ether oxygens (including phenoxy) is 1. The van der Waals surface area contributed by atoms with E-state index in [0.717, 1.165) is 35.2 Å². The molecule has 2 aliphatic rings. The highest BCUT2D eigenvalue weighted by molar-refractivity contribution is 5.81. The van der Waals surface area contributed by atoms with Crippen LogP contribution < -0.4 is 15.3 Å². The van der Waals surface area contributed by atoms with E-state index in [-0.39, 0.29) is 5.63 Å².